The van der Waals surface area contributed by atoms with E-state index in [-0.39, 0.29) is 9.92 Å². The number of halogens is 2. The third-order valence-electron chi connectivity index (χ3n) is 1.07. The molecule has 0 amide bonds. The molecule has 2 nitrogen and oxygen atoms in total. The summed E-state index contributed by atoms with van der Waals surface area (Å²) in [4.78, 5) is 0.112. The minimum atomic E-state index is -2.26. The molecule has 0 saturated carbocycles. The summed E-state index contributed by atoms with van der Waals surface area (Å²) in [6.45, 7) is 0. The average Bonchev–Trinajstić information content (AvgIpc) is 1.94. The van der Waals surface area contributed by atoms with Crippen molar-refractivity contribution in [3.05, 3.63) is 27.7 Å². The fourth-order valence-corrected chi connectivity index (χ4v) is 1.87. The first-order valence-corrected chi connectivity index (χ1v) is 4.90. The molecule has 5 heteroatoms. The van der Waals surface area contributed by atoms with E-state index in [1.54, 1.807) is 6.07 Å². The van der Waals surface area contributed by atoms with Gasteiger partial charge in [0.25, 0.3) is 0 Å². The zero-order valence-electron chi connectivity index (χ0n) is 5.21. The molecule has 1 rings (SSSR count). The number of hydrogen-bond acceptors (Lipinski definition) is 2. The standard InChI is InChI=1S/C6H4BrClO2S/c7-4-1-2-5(8)6(3-4)11(9)10/h1-3H,(H,9,10)/p-1. The second kappa shape index (κ2) is 3.67. The molecule has 1 atom stereocenters. The fraction of sp³-hybridized carbons (Fsp3) is 0. The number of benzene rings is 1. The molecule has 1 aromatic carbocycles. The summed E-state index contributed by atoms with van der Waals surface area (Å²) in [5.41, 5.74) is 0. The summed E-state index contributed by atoms with van der Waals surface area (Å²) >= 11 is 6.45. The third-order valence-corrected chi connectivity index (χ3v) is 2.70. The second-order valence-corrected chi connectivity index (χ2v) is 4.04. The van der Waals surface area contributed by atoms with Crippen LogP contribution in [0.25, 0.3) is 0 Å². The molecule has 0 spiro atoms. The lowest BCUT2D eigenvalue weighted by atomic mass is 10.4. The van der Waals surface area contributed by atoms with Crippen LogP contribution in [0.15, 0.2) is 27.6 Å². The van der Waals surface area contributed by atoms with Crippen LogP contribution in [0.4, 0.5) is 0 Å². The molecule has 11 heavy (non-hydrogen) atoms. The smallest absolute Gasteiger partial charge is 0.0556 e. The molecule has 0 N–H and O–H groups in total. The molecular weight excluding hydrogens is 251 g/mol. The van der Waals surface area contributed by atoms with Gasteiger partial charge in [-0.25, -0.2) is 0 Å². The van der Waals surface area contributed by atoms with E-state index in [0.717, 1.165) is 0 Å². The minimum Gasteiger partial charge on any atom is -0.768 e. The van der Waals surface area contributed by atoms with E-state index in [9.17, 15) is 8.76 Å². The first-order valence-electron chi connectivity index (χ1n) is 2.65. The van der Waals surface area contributed by atoms with Crippen molar-refractivity contribution in [3.8, 4) is 0 Å². The summed E-state index contributed by atoms with van der Waals surface area (Å²) in [7, 11) is 0. The summed E-state index contributed by atoms with van der Waals surface area (Å²) in [5.74, 6) is 0. The number of rotatable bonds is 1. The van der Waals surface area contributed by atoms with Crippen LogP contribution in [0.2, 0.25) is 5.02 Å². The minimum absolute atomic E-state index is 0.112. The lowest BCUT2D eigenvalue weighted by Gasteiger charge is -2.06. The van der Waals surface area contributed by atoms with Crippen LogP contribution in [0.1, 0.15) is 0 Å². The van der Waals surface area contributed by atoms with Crippen molar-refractivity contribution in [1.82, 2.24) is 0 Å². The van der Waals surface area contributed by atoms with Gasteiger partial charge in [0.2, 0.25) is 0 Å². The Morgan fingerprint density at radius 2 is 2.18 bits per heavy atom. The van der Waals surface area contributed by atoms with Crippen molar-refractivity contribution < 1.29 is 8.76 Å². The van der Waals surface area contributed by atoms with Gasteiger partial charge >= 0.3 is 0 Å². The van der Waals surface area contributed by atoms with Crippen LogP contribution in [0, 0.1) is 0 Å². The molecule has 0 radical (unpaired) electrons. The van der Waals surface area contributed by atoms with Crippen molar-refractivity contribution in [2.24, 2.45) is 0 Å². The second-order valence-electron chi connectivity index (χ2n) is 1.81. The van der Waals surface area contributed by atoms with E-state index in [1.165, 1.54) is 12.1 Å². The van der Waals surface area contributed by atoms with Crippen LogP contribution < -0.4 is 0 Å². The molecule has 0 aromatic heterocycles. The summed E-state index contributed by atoms with van der Waals surface area (Å²) in [5, 5.41) is 0.238. The first kappa shape index (κ1) is 9.19. The zero-order chi connectivity index (χ0) is 8.43. The van der Waals surface area contributed by atoms with E-state index in [1.807, 2.05) is 0 Å². The summed E-state index contributed by atoms with van der Waals surface area (Å²) in [6.07, 6.45) is 0. The molecule has 0 aliphatic rings. The fourth-order valence-electron chi connectivity index (χ4n) is 0.605. The van der Waals surface area contributed by atoms with Crippen LogP contribution in [0.3, 0.4) is 0 Å². The molecule has 1 aromatic rings. The van der Waals surface area contributed by atoms with Gasteiger partial charge in [-0.1, -0.05) is 27.5 Å². The largest absolute Gasteiger partial charge is 0.768 e. The Morgan fingerprint density at radius 1 is 1.55 bits per heavy atom. The molecule has 0 bridgehead atoms. The lowest BCUT2D eigenvalue weighted by molar-refractivity contribution is 0.537. The van der Waals surface area contributed by atoms with Gasteiger partial charge in [-0.05, 0) is 29.3 Å². The Kier molecular flexibility index (Phi) is 3.06. The molecule has 0 heterocycles. The molecule has 0 fully saturated rings. The van der Waals surface area contributed by atoms with Crippen molar-refractivity contribution in [2.45, 2.75) is 4.90 Å². The van der Waals surface area contributed by atoms with E-state index < -0.39 is 11.1 Å². The summed E-state index contributed by atoms with van der Waals surface area (Å²) < 4.78 is 21.6. The van der Waals surface area contributed by atoms with Crippen LogP contribution in [0.5, 0.6) is 0 Å². The maximum atomic E-state index is 10.5. The third kappa shape index (κ3) is 2.27. The van der Waals surface area contributed by atoms with Gasteiger partial charge in [-0.3, -0.25) is 4.21 Å². The van der Waals surface area contributed by atoms with Crippen LogP contribution >= 0.6 is 27.5 Å². The quantitative estimate of drug-likeness (QED) is 0.722. The van der Waals surface area contributed by atoms with Gasteiger partial charge in [0.05, 0.1) is 5.02 Å². The highest BCUT2D eigenvalue weighted by Gasteiger charge is 1.99. The zero-order valence-corrected chi connectivity index (χ0v) is 8.37. The summed E-state index contributed by atoms with van der Waals surface area (Å²) in [6, 6.07) is 4.65. The SMILES string of the molecule is O=S([O-])c1cc(Br)ccc1Cl. The monoisotopic (exact) mass is 253 g/mol. The Bertz CT molecular complexity index is 303. The normalized spacial score (nSPS) is 13.0. The Morgan fingerprint density at radius 3 is 2.64 bits per heavy atom. The van der Waals surface area contributed by atoms with Crippen molar-refractivity contribution in [2.75, 3.05) is 0 Å². The van der Waals surface area contributed by atoms with Crippen molar-refractivity contribution in [3.63, 3.8) is 0 Å². The van der Waals surface area contributed by atoms with Gasteiger partial charge in [0, 0.05) is 9.37 Å². The average molecular weight is 255 g/mol. The Labute approximate surface area is 80.0 Å². The lowest BCUT2D eigenvalue weighted by Crippen LogP contribution is -1.89. The highest BCUT2D eigenvalue weighted by molar-refractivity contribution is 9.10. The van der Waals surface area contributed by atoms with E-state index in [0.29, 0.717) is 4.47 Å². The highest BCUT2D eigenvalue weighted by Crippen LogP contribution is 2.22. The maximum Gasteiger partial charge on any atom is 0.0556 e. The van der Waals surface area contributed by atoms with Gasteiger partial charge in [0.15, 0.2) is 0 Å². The van der Waals surface area contributed by atoms with Gasteiger partial charge in [-0.15, -0.1) is 0 Å². The van der Waals surface area contributed by atoms with Crippen LogP contribution in [-0.4, -0.2) is 8.76 Å². The molecule has 0 aliphatic heterocycles. The Hall–Kier alpha value is 0.1000. The Balaban J connectivity index is 3.23. The topological polar surface area (TPSA) is 40.1 Å². The maximum absolute atomic E-state index is 10.5. The van der Waals surface area contributed by atoms with E-state index >= 15 is 0 Å². The molecule has 1 unspecified atom stereocenters. The van der Waals surface area contributed by atoms with Gasteiger partial charge in [0.1, 0.15) is 0 Å². The first-order chi connectivity index (χ1) is 5.11. The molecule has 0 aliphatic carbocycles. The van der Waals surface area contributed by atoms with Gasteiger partial charge < -0.3 is 4.55 Å². The van der Waals surface area contributed by atoms with Gasteiger partial charge in [-0.2, -0.15) is 0 Å². The van der Waals surface area contributed by atoms with Crippen molar-refractivity contribution in [1.29, 1.82) is 0 Å². The van der Waals surface area contributed by atoms with E-state index in [2.05, 4.69) is 15.9 Å². The van der Waals surface area contributed by atoms with E-state index in [4.69, 9.17) is 11.6 Å². The molecular formula is C6H3BrClO2S-. The van der Waals surface area contributed by atoms with Crippen LogP contribution in [-0.2, 0) is 11.1 Å². The molecule has 60 valence electrons. The van der Waals surface area contributed by atoms with Crippen molar-refractivity contribution >= 4 is 38.6 Å². The number of hydrogen-bond donors (Lipinski definition) is 0. The predicted octanol–water partition coefficient (Wildman–Crippen LogP) is 2.34. The predicted molar refractivity (Wildman–Crippen MR) is 46.3 cm³/mol. The molecule has 0 saturated heterocycles. The highest BCUT2D eigenvalue weighted by atomic mass is 79.9.